The third-order valence-electron chi connectivity index (χ3n) is 4.26. The van der Waals surface area contributed by atoms with Gasteiger partial charge in [0.05, 0.1) is 24.6 Å². The highest BCUT2D eigenvalue weighted by Gasteiger charge is 2.12. The quantitative estimate of drug-likeness (QED) is 0.644. The van der Waals surface area contributed by atoms with Crippen molar-refractivity contribution in [2.75, 3.05) is 13.7 Å². The van der Waals surface area contributed by atoms with E-state index in [1.807, 2.05) is 31.2 Å². The third-order valence-corrected chi connectivity index (χ3v) is 4.50. The molecule has 0 aliphatic heterocycles. The van der Waals surface area contributed by atoms with E-state index in [0.717, 1.165) is 11.3 Å². The van der Waals surface area contributed by atoms with Crippen LogP contribution in [0, 0.1) is 0 Å². The van der Waals surface area contributed by atoms with Gasteiger partial charge in [-0.15, -0.1) is 0 Å². The summed E-state index contributed by atoms with van der Waals surface area (Å²) >= 11 is 5.99. The van der Waals surface area contributed by atoms with E-state index < -0.39 is 0 Å². The summed E-state index contributed by atoms with van der Waals surface area (Å²) in [5.41, 5.74) is 1.10. The molecule has 0 atom stereocenters. The Balaban J connectivity index is 1.79. The number of carbonyl (C=O) groups excluding carboxylic acids is 1. The Morgan fingerprint density at radius 2 is 2.11 bits per heavy atom. The van der Waals surface area contributed by atoms with Crippen LogP contribution in [-0.4, -0.2) is 34.4 Å². The van der Waals surface area contributed by atoms with Crippen LogP contribution in [0.15, 0.2) is 53.3 Å². The molecule has 0 spiro atoms. The molecule has 7 heteroatoms. The number of methoxy groups -OCH3 is 1. The summed E-state index contributed by atoms with van der Waals surface area (Å²) in [5.74, 6) is 0.947. The Morgan fingerprint density at radius 1 is 1.29 bits per heavy atom. The maximum atomic E-state index is 12.6. The van der Waals surface area contributed by atoms with E-state index in [0.29, 0.717) is 28.3 Å². The summed E-state index contributed by atoms with van der Waals surface area (Å²) in [7, 11) is 1.59. The van der Waals surface area contributed by atoms with E-state index in [-0.39, 0.29) is 18.0 Å². The first-order valence-electron chi connectivity index (χ1n) is 8.79. The molecule has 144 valence electrons. The Kier molecular flexibility index (Phi) is 6.11. The minimum absolute atomic E-state index is 0.181. The van der Waals surface area contributed by atoms with Gasteiger partial charge in [0.25, 0.3) is 5.56 Å². The summed E-state index contributed by atoms with van der Waals surface area (Å²) in [6.07, 6.45) is 3.22. The average Bonchev–Trinajstić information content (AvgIpc) is 2.70. The Hall–Kier alpha value is -3.12. The van der Waals surface area contributed by atoms with Crippen LogP contribution in [-0.2, 0) is 11.3 Å². The zero-order valence-electron chi connectivity index (χ0n) is 15.6. The molecule has 0 saturated carbocycles. The number of benzene rings is 2. The summed E-state index contributed by atoms with van der Waals surface area (Å²) in [5, 5.41) is 0.960. The van der Waals surface area contributed by atoms with Crippen molar-refractivity contribution in [3.63, 3.8) is 0 Å². The monoisotopic (exact) mass is 397 g/mol. The molecular formula is C21H20ClN3O3. The van der Waals surface area contributed by atoms with Crippen LogP contribution in [0.1, 0.15) is 18.3 Å². The highest BCUT2D eigenvalue weighted by Crippen LogP contribution is 2.16. The van der Waals surface area contributed by atoms with Crippen LogP contribution in [0.25, 0.3) is 17.0 Å². The molecule has 0 unspecified atom stereocenters. The van der Waals surface area contributed by atoms with Crippen LogP contribution in [0.3, 0.4) is 0 Å². The smallest absolute Gasteiger partial charge is 0.258 e. The van der Waals surface area contributed by atoms with Gasteiger partial charge in [-0.05, 0) is 48.9 Å². The largest absolute Gasteiger partial charge is 0.497 e. The molecule has 0 bridgehead atoms. The number of H-pyrrole nitrogens is 1. The molecular weight excluding hydrogens is 378 g/mol. The first-order chi connectivity index (χ1) is 13.5. The number of rotatable bonds is 6. The number of nitrogens with zero attached hydrogens (tertiary/aromatic N) is 2. The van der Waals surface area contributed by atoms with Crippen molar-refractivity contribution in [1.29, 1.82) is 0 Å². The number of fused-ring (bicyclic) bond motifs is 1. The van der Waals surface area contributed by atoms with Gasteiger partial charge in [-0.2, -0.15) is 0 Å². The van der Waals surface area contributed by atoms with E-state index in [4.69, 9.17) is 16.3 Å². The van der Waals surface area contributed by atoms with Crippen LogP contribution < -0.4 is 10.3 Å². The predicted molar refractivity (Wildman–Crippen MR) is 110 cm³/mol. The highest BCUT2D eigenvalue weighted by molar-refractivity contribution is 6.31. The Bertz CT molecular complexity index is 1090. The van der Waals surface area contributed by atoms with Gasteiger partial charge in [-0.1, -0.05) is 23.7 Å². The van der Waals surface area contributed by atoms with Gasteiger partial charge in [0.2, 0.25) is 5.91 Å². The molecule has 1 N–H and O–H groups in total. The average molecular weight is 398 g/mol. The molecule has 2 aromatic carbocycles. The van der Waals surface area contributed by atoms with Gasteiger partial charge in [0, 0.05) is 17.6 Å². The molecule has 0 radical (unpaired) electrons. The van der Waals surface area contributed by atoms with Crippen molar-refractivity contribution in [3.05, 3.63) is 75.3 Å². The van der Waals surface area contributed by atoms with Crippen molar-refractivity contribution in [1.82, 2.24) is 14.9 Å². The van der Waals surface area contributed by atoms with Crippen molar-refractivity contribution >= 4 is 34.5 Å². The van der Waals surface area contributed by atoms with E-state index in [1.54, 1.807) is 36.3 Å². The summed E-state index contributed by atoms with van der Waals surface area (Å²) in [6.45, 7) is 2.53. The van der Waals surface area contributed by atoms with Gasteiger partial charge in [0.1, 0.15) is 11.6 Å². The zero-order chi connectivity index (χ0) is 20.1. The highest BCUT2D eigenvalue weighted by atomic mass is 35.5. The summed E-state index contributed by atoms with van der Waals surface area (Å²) in [6, 6.07) is 12.3. The topological polar surface area (TPSA) is 75.3 Å². The fraction of sp³-hybridized carbons (Fsp3) is 0.190. The Labute approximate surface area is 167 Å². The third kappa shape index (κ3) is 4.58. The normalized spacial score (nSPS) is 11.1. The summed E-state index contributed by atoms with van der Waals surface area (Å²) < 4.78 is 5.18. The van der Waals surface area contributed by atoms with Crippen LogP contribution in [0.5, 0.6) is 5.75 Å². The molecule has 0 fully saturated rings. The number of ether oxygens (including phenoxy) is 1. The number of halogens is 1. The molecule has 0 aliphatic rings. The lowest BCUT2D eigenvalue weighted by Gasteiger charge is -2.18. The fourth-order valence-corrected chi connectivity index (χ4v) is 2.95. The molecule has 1 aromatic heterocycles. The number of carbonyl (C=O) groups is 1. The lowest BCUT2D eigenvalue weighted by atomic mass is 10.2. The molecule has 1 heterocycles. The molecule has 3 aromatic rings. The first kappa shape index (κ1) is 19.6. The minimum Gasteiger partial charge on any atom is -0.497 e. The predicted octanol–water partition coefficient (Wildman–Crippen LogP) is 3.65. The number of nitrogens with one attached hydrogen (secondary N) is 1. The van der Waals surface area contributed by atoms with Gasteiger partial charge < -0.3 is 14.6 Å². The maximum absolute atomic E-state index is 12.6. The van der Waals surface area contributed by atoms with Crippen molar-refractivity contribution < 1.29 is 9.53 Å². The first-order valence-corrected chi connectivity index (χ1v) is 9.17. The maximum Gasteiger partial charge on any atom is 0.258 e. The van der Waals surface area contributed by atoms with Crippen molar-refractivity contribution in [2.24, 2.45) is 0 Å². The van der Waals surface area contributed by atoms with E-state index in [9.17, 15) is 9.59 Å². The summed E-state index contributed by atoms with van der Waals surface area (Å²) in [4.78, 5) is 33.6. The Morgan fingerprint density at radius 3 is 2.86 bits per heavy atom. The van der Waals surface area contributed by atoms with Crippen LogP contribution in [0.2, 0.25) is 5.02 Å². The zero-order valence-corrected chi connectivity index (χ0v) is 16.4. The molecule has 3 rings (SSSR count). The molecule has 0 saturated heterocycles. The van der Waals surface area contributed by atoms with Gasteiger partial charge in [-0.3, -0.25) is 9.59 Å². The SMILES string of the molecule is CCN(Cc1nc2cc(Cl)ccc2c(=O)[nH]1)C(=O)/C=C/c1cccc(OC)c1. The van der Waals surface area contributed by atoms with E-state index >= 15 is 0 Å². The van der Waals surface area contributed by atoms with E-state index in [2.05, 4.69) is 9.97 Å². The number of likely N-dealkylation sites (N-methyl/N-ethyl adjacent to an activating group) is 1. The second-order valence-electron chi connectivity index (χ2n) is 6.14. The number of amides is 1. The molecule has 0 aliphatic carbocycles. The van der Waals surface area contributed by atoms with Crippen molar-refractivity contribution in [2.45, 2.75) is 13.5 Å². The van der Waals surface area contributed by atoms with Gasteiger partial charge in [0.15, 0.2) is 0 Å². The molecule has 1 amide bonds. The van der Waals surface area contributed by atoms with Gasteiger partial charge in [-0.25, -0.2) is 4.98 Å². The number of hydrogen-bond donors (Lipinski definition) is 1. The van der Waals surface area contributed by atoms with Crippen LogP contribution in [0.4, 0.5) is 0 Å². The minimum atomic E-state index is -0.257. The fourth-order valence-electron chi connectivity index (χ4n) is 2.78. The molecule has 6 nitrogen and oxygen atoms in total. The standard InChI is InChI=1S/C21H20ClN3O3/c1-3-25(20(26)10-7-14-5-4-6-16(11-14)28-2)13-19-23-18-12-15(22)8-9-17(18)21(27)24-19/h4-12H,3,13H2,1-2H3,(H,23,24,27)/b10-7+. The second-order valence-corrected chi connectivity index (χ2v) is 6.57. The lowest BCUT2D eigenvalue weighted by Crippen LogP contribution is -2.30. The second kappa shape index (κ2) is 8.71. The van der Waals surface area contributed by atoms with E-state index in [1.165, 1.54) is 6.08 Å². The van der Waals surface area contributed by atoms with Crippen LogP contribution >= 0.6 is 11.6 Å². The number of aromatic amines is 1. The van der Waals surface area contributed by atoms with Crippen molar-refractivity contribution in [3.8, 4) is 5.75 Å². The number of aromatic nitrogens is 2. The van der Waals surface area contributed by atoms with Gasteiger partial charge >= 0.3 is 0 Å². The molecule has 28 heavy (non-hydrogen) atoms. The number of hydrogen-bond acceptors (Lipinski definition) is 4. The lowest BCUT2D eigenvalue weighted by molar-refractivity contribution is -0.126.